The van der Waals surface area contributed by atoms with E-state index < -0.39 is 12.0 Å². The number of likely N-dealkylation sites (N-methyl/N-ethyl adjacent to an activating group) is 1. The molecule has 1 aromatic carbocycles. The first-order chi connectivity index (χ1) is 9.49. The summed E-state index contributed by atoms with van der Waals surface area (Å²) in [6, 6.07) is 7.98. The summed E-state index contributed by atoms with van der Waals surface area (Å²) in [5, 5.41) is 17.8. The summed E-state index contributed by atoms with van der Waals surface area (Å²) >= 11 is 0. The molecule has 0 heterocycles. The summed E-state index contributed by atoms with van der Waals surface area (Å²) in [5.41, 5.74) is 1.22. The highest BCUT2D eigenvalue weighted by Gasteiger charge is 2.22. The Balaban J connectivity index is 2.81. The number of aliphatic carboxylic acids is 1. The van der Waals surface area contributed by atoms with E-state index in [9.17, 15) is 9.59 Å². The molecule has 0 radical (unpaired) electrons. The zero-order chi connectivity index (χ0) is 15.1. The highest BCUT2D eigenvalue weighted by Crippen LogP contribution is 2.08. The average Bonchev–Trinajstić information content (AvgIpc) is 2.45. The SMILES string of the molecule is CCC(C(=O)O)N(C)C(=O)C=Cc1cccc(C#N)c1. The predicted molar refractivity (Wildman–Crippen MR) is 74.7 cm³/mol. The minimum atomic E-state index is -1.02. The van der Waals surface area contributed by atoms with Gasteiger partial charge in [0.1, 0.15) is 6.04 Å². The lowest BCUT2D eigenvalue weighted by Crippen LogP contribution is -2.41. The molecule has 1 amide bonds. The van der Waals surface area contributed by atoms with E-state index in [-0.39, 0.29) is 5.91 Å². The molecule has 1 unspecified atom stereocenters. The van der Waals surface area contributed by atoms with Gasteiger partial charge in [0.25, 0.3) is 0 Å². The maximum Gasteiger partial charge on any atom is 0.326 e. The van der Waals surface area contributed by atoms with E-state index in [2.05, 4.69) is 0 Å². The Morgan fingerprint density at radius 1 is 1.50 bits per heavy atom. The van der Waals surface area contributed by atoms with Crippen LogP contribution < -0.4 is 0 Å². The van der Waals surface area contributed by atoms with Crippen LogP contribution >= 0.6 is 0 Å². The molecule has 0 aliphatic heterocycles. The molecule has 0 saturated heterocycles. The maximum absolute atomic E-state index is 11.9. The quantitative estimate of drug-likeness (QED) is 0.830. The molecular formula is C15H16N2O3. The molecule has 0 aliphatic rings. The monoisotopic (exact) mass is 272 g/mol. The van der Waals surface area contributed by atoms with Crippen LogP contribution in [0.15, 0.2) is 30.3 Å². The smallest absolute Gasteiger partial charge is 0.326 e. The van der Waals surface area contributed by atoms with Gasteiger partial charge in [-0.1, -0.05) is 19.1 Å². The van der Waals surface area contributed by atoms with Crippen LogP contribution in [0.25, 0.3) is 6.08 Å². The van der Waals surface area contributed by atoms with E-state index in [4.69, 9.17) is 10.4 Å². The van der Waals surface area contributed by atoms with Crippen molar-refractivity contribution in [2.45, 2.75) is 19.4 Å². The van der Waals surface area contributed by atoms with Gasteiger partial charge in [-0.2, -0.15) is 5.26 Å². The Bertz CT molecular complexity index is 573. The van der Waals surface area contributed by atoms with Gasteiger partial charge in [0.2, 0.25) is 5.91 Å². The van der Waals surface area contributed by atoms with Crippen molar-refractivity contribution in [3.63, 3.8) is 0 Å². The van der Waals surface area contributed by atoms with Gasteiger partial charge in [0.05, 0.1) is 11.6 Å². The number of hydrogen-bond acceptors (Lipinski definition) is 3. The van der Waals surface area contributed by atoms with E-state index in [1.165, 1.54) is 18.0 Å². The molecular weight excluding hydrogens is 256 g/mol. The lowest BCUT2D eigenvalue weighted by atomic mass is 10.1. The van der Waals surface area contributed by atoms with Gasteiger partial charge < -0.3 is 10.0 Å². The van der Waals surface area contributed by atoms with Gasteiger partial charge in [-0.15, -0.1) is 0 Å². The fraction of sp³-hybridized carbons (Fsp3) is 0.267. The summed E-state index contributed by atoms with van der Waals surface area (Å²) in [6.45, 7) is 1.71. The zero-order valence-corrected chi connectivity index (χ0v) is 11.4. The third kappa shape index (κ3) is 3.95. The number of amides is 1. The van der Waals surface area contributed by atoms with Crippen LogP contribution in [0.2, 0.25) is 0 Å². The van der Waals surface area contributed by atoms with Gasteiger partial charge in [-0.3, -0.25) is 4.79 Å². The second kappa shape index (κ2) is 7.10. The topological polar surface area (TPSA) is 81.4 Å². The molecule has 0 fully saturated rings. The molecule has 0 bridgehead atoms. The minimum Gasteiger partial charge on any atom is -0.480 e. The van der Waals surface area contributed by atoms with Gasteiger partial charge in [-0.25, -0.2) is 4.79 Å². The zero-order valence-electron chi connectivity index (χ0n) is 11.4. The first kappa shape index (κ1) is 15.4. The summed E-state index contributed by atoms with van der Waals surface area (Å²) in [4.78, 5) is 24.1. The molecule has 1 N–H and O–H groups in total. The van der Waals surface area contributed by atoms with Gasteiger partial charge in [0, 0.05) is 13.1 Å². The van der Waals surface area contributed by atoms with Crippen LogP contribution in [-0.2, 0) is 9.59 Å². The number of hydrogen-bond donors (Lipinski definition) is 1. The summed E-state index contributed by atoms with van der Waals surface area (Å²) in [7, 11) is 1.46. The molecule has 1 rings (SSSR count). The predicted octanol–water partition coefficient (Wildman–Crippen LogP) is 1.89. The van der Waals surface area contributed by atoms with Gasteiger partial charge >= 0.3 is 5.97 Å². The molecule has 5 nitrogen and oxygen atoms in total. The van der Waals surface area contributed by atoms with Crippen molar-refractivity contribution < 1.29 is 14.7 Å². The fourth-order valence-corrected chi connectivity index (χ4v) is 1.76. The second-order valence-corrected chi connectivity index (χ2v) is 4.28. The van der Waals surface area contributed by atoms with Crippen LogP contribution in [0.1, 0.15) is 24.5 Å². The van der Waals surface area contributed by atoms with Crippen molar-refractivity contribution in [3.8, 4) is 6.07 Å². The lowest BCUT2D eigenvalue weighted by Gasteiger charge is -2.22. The summed E-state index contributed by atoms with van der Waals surface area (Å²) in [5.74, 6) is -1.41. The molecule has 20 heavy (non-hydrogen) atoms. The number of carbonyl (C=O) groups is 2. The Morgan fingerprint density at radius 2 is 2.20 bits per heavy atom. The van der Waals surface area contributed by atoms with Gasteiger partial charge in [0.15, 0.2) is 0 Å². The second-order valence-electron chi connectivity index (χ2n) is 4.28. The van der Waals surface area contributed by atoms with Crippen LogP contribution in [0.5, 0.6) is 0 Å². The van der Waals surface area contributed by atoms with E-state index in [0.29, 0.717) is 17.5 Å². The van der Waals surface area contributed by atoms with E-state index in [1.54, 1.807) is 37.3 Å². The lowest BCUT2D eigenvalue weighted by molar-refractivity contribution is -0.147. The standard InChI is InChI=1S/C15H16N2O3/c1-3-13(15(19)20)17(2)14(18)8-7-11-5-4-6-12(9-11)10-16/h4-9,13H,3H2,1-2H3,(H,19,20). The van der Waals surface area contributed by atoms with Crippen molar-refractivity contribution in [2.24, 2.45) is 0 Å². The van der Waals surface area contributed by atoms with E-state index in [0.717, 1.165) is 0 Å². The highest BCUT2D eigenvalue weighted by molar-refractivity contribution is 5.94. The third-order valence-electron chi connectivity index (χ3n) is 2.92. The Morgan fingerprint density at radius 3 is 2.75 bits per heavy atom. The van der Waals surface area contributed by atoms with Crippen molar-refractivity contribution in [2.75, 3.05) is 7.05 Å². The first-order valence-electron chi connectivity index (χ1n) is 6.17. The Hall–Kier alpha value is -2.61. The normalized spacial score (nSPS) is 11.8. The van der Waals surface area contributed by atoms with Crippen LogP contribution in [-0.4, -0.2) is 35.0 Å². The van der Waals surface area contributed by atoms with Crippen molar-refractivity contribution in [3.05, 3.63) is 41.5 Å². The molecule has 1 atom stereocenters. The van der Waals surface area contributed by atoms with Crippen LogP contribution in [0, 0.1) is 11.3 Å². The largest absolute Gasteiger partial charge is 0.480 e. The highest BCUT2D eigenvalue weighted by atomic mass is 16.4. The Kier molecular flexibility index (Phi) is 5.48. The van der Waals surface area contributed by atoms with E-state index in [1.807, 2.05) is 6.07 Å². The number of rotatable bonds is 5. The summed E-state index contributed by atoms with van der Waals surface area (Å²) in [6.07, 6.45) is 3.21. The fourth-order valence-electron chi connectivity index (χ4n) is 1.76. The maximum atomic E-state index is 11.9. The number of carbonyl (C=O) groups excluding carboxylic acids is 1. The van der Waals surface area contributed by atoms with E-state index >= 15 is 0 Å². The minimum absolute atomic E-state index is 0.343. The van der Waals surface area contributed by atoms with Crippen LogP contribution in [0.4, 0.5) is 0 Å². The Labute approximate surface area is 117 Å². The number of nitriles is 1. The molecule has 0 spiro atoms. The van der Waals surface area contributed by atoms with Gasteiger partial charge in [-0.05, 0) is 30.2 Å². The third-order valence-corrected chi connectivity index (χ3v) is 2.92. The van der Waals surface area contributed by atoms with Crippen molar-refractivity contribution in [1.82, 2.24) is 4.90 Å². The molecule has 0 saturated carbocycles. The number of carboxylic acid groups (broad SMARTS) is 1. The molecule has 0 aromatic heterocycles. The number of nitrogens with zero attached hydrogens (tertiary/aromatic N) is 2. The van der Waals surface area contributed by atoms with Crippen molar-refractivity contribution in [1.29, 1.82) is 5.26 Å². The molecule has 104 valence electrons. The first-order valence-corrected chi connectivity index (χ1v) is 6.17. The van der Waals surface area contributed by atoms with Crippen molar-refractivity contribution >= 4 is 18.0 Å². The van der Waals surface area contributed by atoms with Crippen LogP contribution in [0.3, 0.4) is 0 Å². The number of benzene rings is 1. The molecule has 0 aliphatic carbocycles. The molecule has 1 aromatic rings. The average molecular weight is 272 g/mol. The summed E-state index contributed by atoms with van der Waals surface area (Å²) < 4.78 is 0. The molecule has 5 heteroatoms. The number of carboxylic acids is 1.